The number of likely N-dealkylation sites (tertiary alicyclic amines) is 1. The Balaban J connectivity index is 1.37. The number of halogens is 1. The quantitative estimate of drug-likeness (QED) is 0.312. The summed E-state index contributed by atoms with van der Waals surface area (Å²) < 4.78 is 42.9. The number of nitrogens with one attached hydrogen (secondary N) is 2. The fourth-order valence-electron chi connectivity index (χ4n) is 5.91. The first kappa shape index (κ1) is 32.7. The number of pyridine rings is 1. The molecule has 3 aromatic rings. The summed E-state index contributed by atoms with van der Waals surface area (Å²) in [5, 5.41) is 13.2. The molecular weight excluding hydrogens is 604 g/mol. The lowest BCUT2D eigenvalue weighted by Crippen LogP contribution is -2.38. The van der Waals surface area contributed by atoms with Crippen LogP contribution >= 0.6 is 11.3 Å². The first-order valence-electron chi connectivity index (χ1n) is 15.2. The number of nitrogens with zero attached hydrogens (tertiary/aromatic N) is 4. The van der Waals surface area contributed by atoms with Crippen molar-refractivity contribution in [2.75, 3.05) is 38.5 Å². The summed E-state index contributed by atoms with van der Waals surface area (Å²) in [7, 11) is -1.17. The van der Waals surface area contributed by atoms with E-state index < -0.39 is 22.1 Å². The molecule has 5 rings (SSSR count). The van der Waals surface area contributed by atoms with Gasteiger partial charge < -0.3 is 15.3 Å². The molecule has 240 valence electrons. The third-order valence-electron chi connectivity index (χ3n) is 8.88. The summed E-state index contributed by atoms with van der Waals surface area (Å²) in [6.45, 7) is 8.93. The van der Waals surface area contributed by atoms with Gasteiger partial charge in [-0.05, 0) is 79.2 Å². The molecule has 10 nitrogen and oxygen atoms in total. The number of thiazole rings is 1. The summed E-state index contributed by atoms with van der Waals surface area (Å²) in [4.78, 5) is 26.1. The summed E-state index contributed by atoms with van der Waals surface area (Å²) >= 11 is 1.25. The highest BCUT2D eigenvalue weighted by Gasteiger charge is 2.30. The van der Waals surface area contributed by atoms with Crippen LogP contribution in [0.3, 0.4) is 0 Å². The number of aliphatic hydroxyl groups excluding tert-OH is 1. The molecule has 1 fully saturated rings. The van der Waals surface area contributed by atoms with Crippen LogP contribution in [0.2, 0.25) is 0 Å². The molecule has 0 spiro atoms. The zero-order valence-electron chi connectivity index (χ0n) is 26.1. The molecular formula is C31H43FN6O4S2. The molecule has 2 aliphatic rings. The summed E-state index contributed by atoms with van der Waals surface area (Å²) in [6.07, 6.45) is 4.52. The first-order valence-corrected chi connectivity index (χ1v) is 17.5. The minimum absolute atomic E-state index is 0.174. The lowest BCUT2D eigenvalue weighted by Gasteiger charge is -2.34. The second-order valence-corrected chi connectivity index (χ2v) is 16.1. The van der Waals surface area contributed by atoms with Crippen molar-refractivity contribution in [3.05, 3.63) is 51.9 Å². The van der Waals surface area contributed by atoms with Crippen molar-refractivity contribution in [2.45, 2.75) is 71.4 Å². The lowest BCUT2D eigenvalue weighted by atomic mass is 9.71. The van der Waals surface area contributed by atoms with Gasteiger partial charge in [-0.15, -0.1) is 0 Å². The Kier molecular flexibility index (Phi) is 9.62. The van der Waals surface area contributed by atoms with Crippen molar-refractivity contribution in [3.8, 4) is 0 Å². The second-order valence-electron chi connectivity index (χ2n) is 13.3. The zero-order chi connectivity index (χ0) is 31.8. The molecule has 2 aromatic heterocycles. The standard InChI is InChI=1S/C31H43FN6O4S2/c1-31(2,3)21-7-9-24-20(16-21)18-27-29(34-24)43-30(35-27)28(40)33-25(12-15-38-13-10-22(39)11-14-38)19-6-8-26(23(32)17-19)36-44(41,42)37(4)5/h6,8,17-18,21-22,25,36,39H,7,9-16H2,1-5H3,(H,33,40)/t21-,25?/m0/s1. The van der Waals surface area contributed by atoms with Crippen LogP contribution in [-0.4, -0.2) is 78.4 Å². The van der Waals surface area contributed by atoms with E-state index in [2.05, 4.69) is 46.8 Å². The summed E-state index contributed by atoms with van der Waals surface area (Å²) in [5.41, 5.74) is 3.54. The Labute approximate surface area is 263 Å². The smallest absolute Gasteiger partial charge is 0.301 e. The normalized spacial score (nSPS) is 19.2. The number of aliphatic hydroxyl groups is 1. The maximum absolute atomic E-state index is 15.2. The molecule has 13 heteroatoms. The van der Waals surface area contributed by atoms with Crippen molar-refractivity contribution in [2.24, 2.45) is 11.3 Å². The predicted molar refractivity (Wildman–Crippen MR) is 172 cm³/mol. The van der Waals surface area contributed by atoms with Crippen molar-refractivity contribution in [1.29, 1.82) is 0 Å². The fourth-order valence-corrected chi connectivity index (χ4v) is 7.38. The minimum atomic E-state index is -3.89. The highest BCUT2D eigenvalue weighted by Crippen LogP contribution is 2.38. The van der Waals surface area contributed by atoms with Gasteiger partial charge in [-0.25, -0.2) is 14.4 Å². The highest BCUT2D eigenvalue weighted by atomic mass is 32.2. The number of fused-ring (bicyclic) bond motifs is 2. The van der Waals surface area contributed by atoms with Gasteiger partial charge in [-0.1, -0.05) is 38.2 Å². The molecule has 0 saturated carbocycles. The topological polar surface area (TPSA) is 128 Å². The van der Waals surface area contributed by atoms with E-state index in [1.54, 1.807) is 6.07 Å². The van der Waals surface area contributed by atoms with E-state index in [0.717, 1.165) is 47.2 Å². The van der Waals surface area contributed by atoms with Gasteiger partial charge in [0.15, 0.2) is 5.01 Å². The number of hydrogen-bond donors (Lipinski definition) is 3. The van der Waals surface area contributed by atoms with E-state index in [0.29, 0.717) is 47.8 Å². The summed E-state index contributed by atoms with van der Waals surface area (Å²) in [6, 6.07) is 5.79. The molecule has 1 aromatic carbocycles. The number of carbonyl (C=O) groups is 1. The van der Waals surface area contributed by atoms with E-state index in [9.17, 15) is 18.3 Å². The van der Waals surface area contributed by atoms with Gasteiger partial charge in [0.05, 0.1) is 17.8 Å². The van der Waals surface area contributed by atoms with Crippen molar-refractivity contribution in [3.63, 3.8) is 0 Å². The number of anilines is 1. The summed E-state index contributed by atoms with van der Waals surface area (Å²) in [5.74, 6) is -0.545. The van der Waals surface area contributed by atoms with Gasteiger partial charge in [0.1, 0.15) is 16.2 Å². The molecule has 3 heterocycles. The SMILES string of the molecule is CN(C)S(=O)(=O)Nc1ccc(C(CCN2CCC(O)CC2)NC(=O)c2nc3cc4c(nc3s2)CC[C@H](C(C)(C)C)C4)cc1F. The number of carbonyl (C=O) groups excluding carboxylic acids is 1. The number of hydrogen-bond acceptors (Lipinski definition) is 8. The second kappa shape index (κ2) is 13.0. The number of piperidine rings is 1. The average Bonchev–Trinajstić information content (AvgIpc) is 3.38. The van der Waals surface area contributed by atoms with Gasteiger partial charge in [0.2, 0.25) is 0 Å². The molecule has 0 bridgehead atoms. The van der Waals surface area contributed by atoms with Crippen LogP contribution in [0.15, 0.2) is 24.3 Å². The van der Waals surface area contributed by atoms with Crippen LogP contribution in [0, 0.1) is 17.2 Å². The fraction of sp³-hybridized carbons (Fsp3) is 0.581. The van der Waals surface area contributed by atoms with Crippen molar-refractivity contribution in [1.82, 2.24) is 24.5 Å². The van der Waals surface area contributed by atoms with Crippen molar-refractivity contribution >= 4 is 43.5 Å². The van der Waals surface area contributed by atoms with E-state index in [1.165, 1.54) is 43.1 Å². The van der Waals surface area contributed by atoms with Crippen LogP contribution < -0.4 is 10.0 Å². The Morgan fingerprint density at radius 1 is 1.18 bits per heavy atom. The highest BCUT2D eigenvalue weighted by molar-refractivity contribution is 7.90. The van der Waals surface area contributed by atoms with Crippen molar-refractivity contribution < 1.29 is 22.7 Å². The maximum atomic E-state index is 15.2. The number of amides is 1. The van der Waals surface area contributed by atoms with E-state index in [1.807, 2.05) is 0 Å². The van der Waals surface area contributed by atoms with Crippen LogP contribution in [0.1, 0.15) is 79.1 Å². The molecule has 3 N–H and O–H groups in total. The Hall–Kier alpha value is -2.71. The third kappa shape index (κ3) is 7.56. The van der Waals surface area contributed by atoms with E-state index >= 15 is 4.39 Å². The predicted octanol–water partition coefficient (Wildman–Crippen LogP) is 4.52. The average molecular weight is 647 g/mol. The largest absolute Gasteiger partial charge is 0.393 e. The van der Waals surface area contributed by atoms with Crippen LogP contribution in [0.5, 0.6) is 0 Å². The number of aromatic nitrogens is 2. The van der Waals surface area contributed by atoms with Crippen LogP contribution in [0.25, 0.3) is 10.3 Å². The van der Waals surface area contributed by atoms with Crippen LogP contribution in [0.4, 0.5) is 10.1 Å². The maximum Gasteiger partial charge on any atom is 0.301 e. The molecule has 1 aliphatic carbocycles. The van der Waals surface area contributed by atoms with E-state index in [-0.39, 0.29) is 23.1 Å². The number of benzene rings is 1. The molecule has 2 atom stereocenters. The Morgan fingerprint density at radius 3 is 2.57 bits per heavy atom. The first-order chi connectivity index (χ1) is 20.7. The minimum Gasteiger partial charge on any atom is -0.393 e. The lowest BCUT2D eigenvalue weighted by molar-refractivity contribution is 0.0795. The molecule has 0 radical (unpaired) electrons. The zero-order valence-corrected chi connectivity index (χ0v) is 27.7. The third-order valence-corrected chi connectivity index (χ3v) is 11.3. The van der Waals surface area contributed by atoms with Gasteiger partial charge in [-0.3, -0.25) is 9.52 Å². The number of rotatable bonds is 9. The van der Waals surface area contributed by atoms with Gasteiger partial charge >= 0.3 is 10.2 Å². The molecule has 1 amide bonds. The van der Waals surface area contributed by atoms with Crippen LogP contribution in [-0.2, 0) is 23.1 Å². The molecule has 1 saturated heterocycles. The Morgan fingerprint density at radius 2 is 1.91 bits per heavy atom. The monoisotopic (exact) mass is 646 g/mol. The Bertz CT molecular complexity index is 1610. The van der Waals surface area contributed by atoms with Gasteiger partial charge in [-0.2, -0.15) is 12.7 Å². The number of aryl methyl sites for hydroxylation is 1. The molecule has 1 aliphatic heterocycles. The van der Waals surface area contributed by atoms with Gasteiger partial charge in [0, 0.05) is 39.4 Å². The molecule has 44 heavy (non-hydrogen) atoms. The van der Waals surface area contributed by atoms with E-state index in [4.69, 9.17) is 4.98 Å². The molecule has 1 unspecified atom stereocenters. The van der Waals surface area contributed by atoms with Gasteiger partial charge in [0.25, 0.3) is 5.91 Å².